The molecule has 28 heavy (non-hydrogen) atoms. The van der Waals surface area contributed by atoms with Crippen molar-refractivity contribution in [3.05, 3.63) is 106 Å². The maximum Gasteiger partial charge on any atom is 0.262 e. The first-order valence-corrected chi connectivity index (χ1v) is 10.1. The van der Waals surface area contributed by atoms with Gasteiger partial charge >= 0.3 is 0 Å². The zero-order valence-electron chi connectivity index (χ0n) is 15.4. The predicted octanol–water partition coefficient (Wildman–Crippen LogP) is 5.44. The Morgan fingerprint density at radius 2 is 1.64 bits per heavy atom. The topological polar surface area (TPSA) is 34.9 Å². The second kappa shape index (κ2) is 7.98. The summed E-state index contributed by atoms with van der Waals surface area (Å²) in [6.45, 7) is 1.99. The number of hydrogen-bond acceptors (Lipinski definition) is 3. The maximum absolute atomic E-state index is 14.0. The monoisotopic (exact) mass is 390 g/mol. The first kappa shape index (κ1) is 18.4. The standard InChI is InChI=1S/C23H19FN2OS/c1-16(17-9-3-2-4-10-17)26-22(27)19-12-6-8-14-21(19)25-23(26)28-15-18-11-5-7-13-20(18)24/h2-14,16H,15H2,1H3/t16-/m1/s1. The summed E-state index contributed by atoms with van der Waals surface area (Å²) in [7, 11) is 0. The van der Waals surface area contributed by atoms with Crippen molar-refractivity contribution in [2.24, 2.45) is 0 Å². The number of para-hydroxylation sites is 1. The quantitative estimate of drug-likeness (QED) is 0.336. The van der Waals surface area contributed by atoms with Crippen LogP contribution in [0.2, 0.25) is 0 Å². The van der Waals surface area contributed by atoms with Gasteiger partial charge in [-0.3, -0.25) is 9.36 Å². The molecule has 3 aromatic carbocycles. The Kier molecular flexibility index (Phi) is 5.26. The minimum absolute atomic E-state index is 0.0852. The molecular formula is C23H19FN2OS. The highest BCUT2D eigenvalue weighted by Gasteiger charge is 2.18. The third-order valence-corrected chi connectivity index (χ3v) is 5.76. The lowest BCUT2D eigenvalue weighted by Gasteiger charge is -2.20. The summed E-state index contributed by atoms with van der Waals surface area (Å²) in [6.07, 6.45) is 0. The SMILES string of the molecule is C[C@H](c1ccccc1)n1c(SCc2ccccc2F)nc2ccccc2c1=O. The van der Waals surface area contributed by atoms with Crippen molar-refractivity contribution in [3.8, 4) is 0 Å². The minimum atomic E-state index is -0.249. The Balaban J connectivity index is 1.81. The van der Waals surface area contributed by atoms with Gasteiger partial charge in [-0.05, 0) is 36.2 Å². The molecule has 0 radical (unpaired) electrons. The summed E-state index contributed by atoms with van der Waals surface area (Å²) < 4.78 is 15.8. The number of nitrogens with zero attached hydrogens (tertiary/aromatic N) is 2. The summed E-state index contributed by atoms with van der Waals surface area (Å²) in [5.74, 6) is 0.152. The molecule has 0 bridgehead atoms. The van der Waals surface area contributed by atoms with E-state index in [1.165, 1.54) is 17.8 Å². The van der Waals surface area contributed by atoms with E-state index in [-0.39, 0.29) is 17.4 Å². The van der Waals surface area contributed by atoms with E-state index in [1.807, 2.05) is 61.5 Å². The van der Waals surface area contributed by atoms with Gasteiger partial charge in [-0.25, -0.2) is 9.37 Å². The van der Waals surface area contributed by atoms with Crippen LogP contribution in [0.25, 0.3) is 10.9 Å². The fraction of sp³-hybridized carbons (Fsp3) is 0.130. The summed E-state index contributed by atoms with van der Waals surface area (Å²) in [6, 6.07) is 23.7. The molecule has 0 unspecified atom stereocenters. The van der Waals surface area contributed by atoms with Gasteiger partial charge in [0.2, 0.25) is 0 Å². The van der Waals surface area contributed by atoms with Gasteiger partial charge in [0.1, 0.15) is 5.82 Å². The van der Waals surface area contributed by atoms with Crippen LogP contribution in [-0.2, 0) is 5.75 Å². The Hall–Kier alpha value is -2.92. The van der Waals surface area contributed by atoms with Gasteiger partial charge in [-0.1, -0.05) is 72.4 Å². The number of halogens is 1. The number of aromatic nitrogens is 2. The van der Waals surface area contributed by atoms with E-state index in [9.17, 15) is 9.18 Å². The van der Waals surface area contributed by atoms with Crippen molar-refractivity contribution in [2.45, 2.75) is 23.9 Å². The average Bonchev–Trinajstić information content (AvgIpc) is 2.73. The van der Waals surface area contributed by atoms with Crippen LogP contribution in [0.15, 0.2) is 88.8 Å². The first-order valence-electron chi connectivity index (χ1n) is 9.07. The molecule has 3 nitrogen and oxygen atoms in total. The van der Waals surface area contributed by atoms with Crippen LogP contribution in [0, 0.1) is 5.82 Å². The van der Waals surface area contributed by atoms with Crippen molar-refractivity contribution >= 4 is 22.7 Å². The minimum Gasteiger partial charge on any atom is -0.280 e. The third-order valence-electron chi connectivity index (χ3n) is 4.76. The van der Waals surface area contributed by atoms with Crippen LogP contribution < -0.4 is 5.56 Å². The molecule has 1 aromatic heterocycles. The van der Waals surface area contributed by atoms with E-state index in [4.69, 9.17) is 4.98 Å². The zero-order valence-corrected chi connectivity index (χ0v) is 16.2. The highest BCUT2D eigenvalue weighted by Crippen LogP contribution is 2.27. The first-order chi connectivity index (χ1) is 13.6. The van der Waals surface area contributed by atoms with Gasteiger partial charge < -0.3 is 0 Å². The molecule has 0 saturated heterocycles. The van der Waals surface area contributed by atoms with Gasteiger partial charge in [0, 0.05) is 5.75 Å². The van der Waals surface area contributed by atoms with E-state index >= 15 is 0 Å². The molecule has 0 saturated carbocycles. The molecule has 4 aromatic rings. The van der Waals surface area contributed by atoms with E-state index in [0.29, 0.717) is 27.4 Å². The molecule has 0 aliphatic rings. The van der Waals surface area contributed by atoms with Crippen LogP contribution in [0.5, 0.6) is 0 Å². The summed E-state index contributed by atoms with van der Waals surface area (Å²) >= 11 is 1.38. The van der Waals surface area contributed by atoms with Crippen LogP contribution in [-0.4, -0.2) is 9.55 Å². The lowest BCUT2D eigenvalue weighted by molar-refractivity contribution is 0.548. The Labute approximate surface area is 166 Å². The molecule has 140 valence electrons. The van der Waals surface area contributed by atoms with Crippen LogP contribution >= 0.6 is 11.8 Å². The number of rotatable bonds is 5. The smallest absolute Gasteiger partial charge is 0.262 e. The molecule has 1 atom stereocenters. The van der Waals surface area contributed by atoms with E-state index in [1.54, 1.807) is 22.8 Å². The molecule has 0 spiro atoms. The molecule has 1 heterocycles. The van der Waals surface area contributed by atoms with Gasteiger partial charge in [0.15, 0.2) is 5.16 Å². The highest BCUT2D eigenvalue weighted by atomic mass is 32.2. The Morgan fingerprint density at radius 1 is 0.964 bits per heavy atom. The fourth-order valence-electron chi connectivity index (χ4n) is 3.21. The lowest BCUT2D eigenvalue weighted by Crippen LogP contribution is -2.27. The van der Waals surface area contributed by atoms with E-state index in [2.05, 4.69) is 0 Å². The number of fused-ring (bicyclic) bond motifs is 1. The predicted molar refractivity (Wildman–Crippen MR) is 112 cm³/mol. The van der Waals surface area contributed by atoms with Gasteiger partial charge in [-0.2, -0.15) is 0 Å². The van der Waals surface area contributed by atoms with Gasteiger partial charge in [0.25, 0.3) is 5.56 Å². The van der Waals surface area contributed by atoms with Gasteiger partial charge in [-0.15, -0.1) is 0 Å². The summed E-state index contributed by atoms with van der Waals surface area (Å²) in [4.78, 5) is 18.0. The summed E-state index contributed by atoms with van der Waals surface area (Å²) in [5.41, 5.74) is 2.18. The van der Waals surface area contributed by atoms with Crippen molar-refractivity contribution in [2.75, 3.05) is 0 Å². The fourth-order valence-corrected chi connectivity index (χ4v) is 4.27. The molecule has 0 aliphatic heterocycles. The number of thioether (sulfide) groups is 1. The highest BCUT2D eigenvalue weighted by molar-refractivity contribution is 7.98. The Morgan fingerprint density at radius 3 is 2.43 bits per heavy atom. The molecule has 4 rings (SSSR count). The zero-order chi connectivity index (χ0) is 19.5. The second-order valence-electron chi connectivity index (χ2n) is 6.55. The van der Waals surface area contributed by atoms with Crippen molar-refractivity contribution in [3.63, 3.8) is 0 Å². The maximum atomic E-state index is 14.0. The van der Waals surface area contributed by atoms with Crippen molar-refractivity contribution < 1.29 is 4.39 Å². The average molecular weight is 390 g/mol. The van der Waals surface area contributed by atoms with Crippen LogP contribution in [0.1, 0.15) is 24.1 Å². The molecular weight excluding hydrogens is 371 g/mol. The molecule has 0 aliphatic carbocycles. The normalized spacial score (nSPS) is 12.2. The van der Waals surface area contributed by atoms with Crippen molar-refractivity contribution in [1.82, 2.24) is 9.55 Å². The number of benzene rings is 3. The Bertz CT molecular complexity index is 1170. The third kappa shape index (κ3) is 3.58. The van der Waals surface area contributed by atoms with Crippen LogP contribution in [0.4, 0.5) is 4.39 Å². The lowest BCUT2D eigenvalue weighted by atomic mass is 10.1. The number of hydrogen-bond donors (Lipinski definition) is 0. The molecule has 5 heteroatoms. The molecule has 0 fully saturated rings. The van der Waals surface area contributed by atoms with Gasteiger partial charge in [0.05, 0.1) is 16.9 Å². The largest absolute Gasteiger partial charge is 0.280 e. The second-order valence-corrected chi connectivity index (χ2v) is 7.50. The molecule has 0 N–H and O–H groups in total. The molecule has 0 amide bonds. The van der Waals surface area contributed by atoms with E-state index < -0.39 is 0 Å². The van der Waals surface area contributed by atoms with Crippen LogP contribution in [0.3, 0.4) is 0 Å². The van der Waals surface area contributed by atoms with E-state index in [0.717, 1.165) is 5.56 Å². The summed E-state index contributed by atoms with van der Waals surface area (Å²) in [5, 5.41) is 1.17. The van der Waals surface area contributed by atoms with Crippen molar-refractivity contribution in [1.29, 1.82) is 0 Å².